The first kappa shape index (κ1) is 14.4. The maximum absolute atomic E-state index is 3.71. The zero-order valence-electron chi connectivity index (χ0n) is 11.1. The molecule has 1 saturated carbocycles. The van der Waals surface area contributed by atoms with Crippen LogP contribution in [0.2, 0.25) is 0 Å². The first-order valence-electron chi connectivity index (χ1n) is 7.19. The Kier molecular flexibility index (Phi) is 8.40. The molecule has 0 heterocycles. The van der Waals surface area contributed by atoms with E-state index in [1.807, 2.05) is 0 Å². The molecule has 1 N–H and O–H groups in total. The molecule has 0 aromatic rings. The van der Waals surface area contributed by atoms with E-state index >= 15 is 0 Å². The summed E-state index contributed by atoms with van der Waals surface area (Å²) < 4.78 is 0. The minimum absolute atomic E-state index is 0.784. The molecular formula is C14H29NS. The topological polar surface area (TPSA) is 12.0 Å². The van der Waals surface area contributed by atoms with Gasteiger partial charge in [-0.15, -0.1) is 0 Å². The van der Waals surface area contributed by atoms with E-state index in [1.165, 1.54) is 56.5 Å². The number of unbranched alkanes of at least 4 members (excludes halogenated alkanes) is 1. The van der Waals surface area contributed by atoms with Crippen molar-refractivity contribution in [1.82, 2.24) is 5.32 Å². The van der Waals surface area contributed by atoms with Crippen LogP contribution in [-0.2, 0) is 0 Å². The molecule has 1 nitrogen and oxygen atoms in total. The van der Waals surface area contributed by atoms with Crippen molar-refractivity contribution in [3.8, 4) is 0 Å². The number of hydrogen-bond donors (Lipinski definition) is 1. The molecular weight excluding hydrogens is 214 g/mol. The normalized spacial score (nSPS) is 19.9. The van der Waals surface area contributed by atoms with Gasteiger partial charge in [0, 0.05) is 11.8 Å². The number of nitrogens with one attached hydrogen (secondary N) is 1. The van der Waals surface area contributed by atoms with Crippen molar-refractivity contribution in [3.63, 3.8) is 0 Å². The van der Waals surface area contributed by atoms with Crippen LogP contribution in [0.4, 0.5) is 0 Å². The Morgan fingerprint density at radius 3 is 2.56 bits per heavy atom. The van der Waals surface area contributed by atoms with Crippen molar-refractivity contribution >= 4 is 11.8 Å². The van der Waals surface area contributed by atoms with Crippen molar-refractivity contribution in [2.45, 2.75) is 64.8 Å². The Labute approximate surface area is 106 Å². The van der Waals surface area contributed by atoms with E-state index in [9.17, 15) is 0 Å². The number of rotatable bonds is 8. The van der Waals surface area contributed by atoms with E-state index < -0.39 is 0 Å². The summed E-state index contributed by atoms with van der Waals surface area (Å²) in [6.45, 7) is 5.66. The predicted molar refractivity (Wildman–Crippen MR) is 76.3 cm³/mol. The highest BCUT2D eigenvalue weighted by atomic mass is 32.2. The van der Waals surface area contributed by atoms with Crippen molar-refractivity contribution < 1.29 is 0 Å². The highest BCUT2D eigenvalue weighted by Gasteiger charge is 2.22. The van der Waals surface area contributed by atoms with Gasteiger partial charge in [0.15, 0.2) is 0 Å². The van der Waals surface area contributed by atoms with Crippen LogP contribution in [0.3, 0.4) is 0 Å². The SMILES string of the molecule is CCCCSCC(NCC)C1CCCCC1. The van der Waals surface area contributed by atoms with Gasteiger partial charge < -0.3 is 5.32 Å². The van der Waals surface area contributed by atoms with Gasteiger partial charge in [-0.1, -0.05) is 39.5 Å². The molecule has 0 radical (unpaired) electrons. The zero-order chi connectivity index (χ0) is 11.6. The lowest BCUT2D eigenvalue weighted by Crippen LogP contribution is -2.39. The highest BCUT2D eigenvalue weighted by Crippen LogP contribution is 2.28. The van der Waals surface area contributed by atoms with Gasteiger partial charge in [-0.3, -0.25) is 0 Å². The molecule has 1 rings (SSSR count). The molecule has 1 unspecified atom stereocenters. The van der Waals surface area contributed by atoms with Crippen LogP contribution in [0.5, 0.6) is 0 Å². The van der Waals surface area contributed by atoms with E-state index in [2.05, 4.69) is 30.9 Å². The van der Waals surface area contributed by atoms with Crippen molar-refractivity contribution in [2.75, 3.05) is 18.1 Å². The fourth-order valence-corrected chi connectivity index (χ4v) is 3.92. The molecule has 0 saturated heterocycles. The fraction of sp³-hybridized carbons (Fsp3) is 1.00. The smallest absolute Gasteiger partial charge is 0.0186 e. The molecule has 1 atom stereocenters. The molecule has 2 heteroatoms. The summed E-state index contributed by atoms with van der Waals surface area (Å²) in [4.78, 5) is 0. The third kappa shape index (κ3) is 5.58. The van der Waals surface area contributed by atoms with Crippen LogP contribution in [0, 0.1) is 5.92 Å². The minimum atomic E-state index is 0.784. The Morgan fingerprint density at radius 2 is 1.94 bits per heavy atom. The summed E-state index contributed by atoms with van der Waals surface area (Å²) in [5.41, 5.74) is 0. The summed E-state index contributed by atoms with van der Waals surface area (Å²) in [6.07, 6.45) is 10.0. The van der Waals surface area contributed by atoms with Crippen LogP contribution < -0.4 is 5.32 Å². The highest BCUT2D eigenvalue weighted by molar-refractivity contribution is 7.99. The molecule has 0 aliphatic heterocycles. The third-order valence-corrected chi connectivity index (χ3v) is 4.80. The van der Waals surface area contributed by atoms with Crippen molar-refractivity contribution in [2.24, 2.45) is 5.92 Å². The van der Waals surface area contributed by atoms with Gasteiger partial charge in [0.25, 0.3) is 0 Å². The largest absolute Gasteiger partial charge is 0.313 e. The zero-order valence-corrected chi connectivity index (χ0v) is 12.0. The maximum atomic E-state index is 3.71. The third-order valence-electron chi connectivity index (χ3n) is 3.62. The van der Waals surface area contributed by atoms with Crippen LogP contribution in [0.15, 0.2) is 0 Å². The Balaban J connectivity index is 2.22. The quantitative estimate of drug-likeness (QED) is 0.645. The van der Waals surface area contributed by atoms with Gasteiger partial charge in [0.1, 0.15) is 0 Å². The molecule has 1 aliphatic rings. The second kappa shape index (κ2) is 9.35. The molecule has 0 amide bonds. The molecule has 16 heavy (non-hydrogen) atoms. The van der Waals surface area contributed by atoms with E-state index in [1.54, 1.807) is 0 Å². The van der Waals surface area contributed by atoms with Crippen LogP contribution >= 0.6 is 11.8 Å². The standard InChI is InChI=1S/C14H29NS/c1-3-5-11-16-12-14(15-4-2)13-9-7-6-8-10-13/h13-15H,3-12H2,1-2H3. The van der Waals surface area contributed by atoms with Crippen LogP contribution in [-0.4, -0.2) is 24.1 Å². The molecule has 0 aromatic carbocycles. The summed E-state index contributed by atoms with van der Waals surface area (Å²) in [7, 11) is 0. The van der Waals surface area contributed by atoms with Gasteiger partial charge in [-0.2, -0.15) is 11.8 Å². The first-order valence-corrected chi connectivity index (χ1v) is 8.35. The fourth-order valence-electron chi connectivity index (χ4n) is 2.62. The van der Waals surface area contributed by atoms with Gasteiger partial charge in [-0.25, -0.2) is 0 Å². The molecule has 1 aliphatic carbocycles. The molecule has 0 aromatic heterocycles. The lowest BCUT2D eigenvalue weighted by Gasteiger charge is -2.30. The van der Waals surface area contributed by atoms with Crippen molar-refractivity contribution in [1.29, 1.82) is 0 Å². The van der Waals surface area contributed by atoms with Gasteiger partial charge in [-0.05, 0) is 37.5 Å². The van der Waals surface area contributed by atoms with Crippen molar-refractivity contribution in [3.05, 3.63) is 0 Å². The summed E-state index contributed by atoms with van der Waals surface area (Å²) >= 11 is 2.16. The Hall–Kier alpha value is 0.310. The molecule has 0 bridgehead atoms. The lowest BCUT2D eigenvalue weighted by atomic mass is 9.84. The van der Waals surface area contributed by atoms with Gasteiger partial charge >= 0.3 is 0 Å². The monoisotopic (exact) mass is 243 g/mol. The van der Waals surface area contributed by atoms with E-state index in [4.69, 9.17) is 0 Å². The Bertz CT molecular complexity index is 155. The van der Waals surface area contributed by atoms with Gasteiger partial charge in [0.05, 0.1) is 0 Å². The predicted octanol–water partition coefficient (Wildman–Crippen LogP) is 4.08. The maximum Gasteiger partial charge on any atom is 0.0186 e. The van der Waals surface area contributed by atoms with E-state index in [0.717, 1.165) is 18.5 Å². The summed E-state index contributed by atoms with van der Waals surface area (Å²) in [6, 6.07) is 0.784. The summed E-state index contributed by atoms with van der Waals surface area (Å²) in [5.74, 6) is 3.65. The molecule has 96 valence electrons. The molecule has 0 spiro atoms. The second-order valence-electron chi connectivity index (χ2n) is 4.99. The summed E-state index contributed by atoms with van der Waals surface area (Å²) in [5, 5.41) is 3.71. The number of thioether (sulfide) groups is 1. The van der Waals surface area contributed by atoms with E-state index in [-0.39, 0.29) is 0 Å². The average Bonchev–Trinajstić information content (AvgIpc) is 2.34. The van der Waals surface area contributed by atoms with Gasteiger partial charge in [0.2, 0.25) is 0 Å². The number of hydrogen-bond acceptors (Lipinski definition) is 2. The molecule has 1 fully saturated rings. The van der Waals surface area contributed by atoms with E-state index in [0.29, 0.717) is 0 Å². The van der Waals surface area contributed by atoms with Crippen LogP contribution in [0.1, 0.15) is 58.8 Å². The second-order valence-corrected chi connectivity index (χ2v) is 6.14. The Morgan fingerprint density at radius 1 is 1.19 bits per heavy atom. The lowest BCUT2D eigenvalue weighted by molar-refractivity contribution is 0.288. The minimum Gasteiger partial charge on any atom is -0.313 e. The van der Waals surface area contributed by atoms with Crippen LogP contribution in [0.25, 0.3) is 0 Å². The average molecular weight is 243 g/mol. The first-order chi connectivity index (χ1) is 7.88.